The lowest BCUT2D eigenvalue weighted by atomic mass is 9.87. The molecule has 0 amide bonds. The van der Waals surface area contributed by atoms with E-state index >= 15 is 8.78 Å². The fraction of sp³-hybridized carbons (Fsp3) is 0.481. The molecule has 2 aliphatic rings. The number of aromatic nitrogens is 1. The molecule has 0 saturated carbocycles. The molecular formula is C27H29F6N3O2. The first-order valence-corrected chi connectivity index (χ1v) is 12.5. The zero-order valence-electron chi connectivity index (χ0n) is 20.8. The van der Waals surface area contributed by atoms with Crippen LogP contribution in [0.5, 0.6) is 5.75 Å². The Hall–Kier alpha value is -2.76. The number of H-pyrrole nitrogens is 1. The summed E-state index contributed by atoms with van der Waals surface area (Å²) in [6.45, 7) is 0.727. The van der Waals surface area contributed by atoms with E-state index in [1.807, 2.05) is 4.90 Å². The minimum Gasteiger partial charge on any atom is -0.492 e. The van der Waals surface area contributed by atoms with Gasteiger partial charge in [0.2, 0.25) is 0 Å². The summed E-state index contributed by atoms with van der Waals surface area (Å²) in [4.78, 5) is 6.30. The van der Waals surface area contributed by atoms with Gasteiger partial charge in [0.25, 0.3) is 5.92 Å². The number of hydrogen-bond acceptors (Lipinski definition) is 4. The Kier molecular flexibility index (Phi) is 7.36. The first-order chi connectivity index (χ1) is 18.1. The molecule has 3 aromatic rings. The number of benzene rings is 2. The predicted octanol–water partition coefficient (Wildman–Crippen LogP) is 4.83. The summed E-state index contributed by atoms with van der Waals surface area (Å²) in [5.41, 5.74) is 0.968. The van der Waals surface area contributed by atoms with Gasteiger partial charge in [-0.2, -0.15) is 0 Å². The number of likely N-dealkylation sites (tertiary alicyclic amines) is 1. The van der Waals surface area contributed by atoms with Crippen molar-refractivity contribution < 1.29 is 36.2 Å². The fourth-order valence-corrected chi connectivity index (χ4v) is 5.56. The quantitative estimate of drug-likeness (QED) is 0.381. The van der Waals surface area contributed by atoms with Crippen LogP contribution in [0.25, 0.3) is 10.9 Å². The lowest BCUT2D eigenvalue weighted by Gasteiger charge is -2.42. The molecule has 2 aliphatic heterocycles. The maximum Gasteiger partial charge on any atom is 0.283 e. The highest BCUT2D eigenvalue weighted by Gasteiger charge is 2.43. The molecule has 206 valence electrons. The average Bonchev–Trinajstić information content (AvgIpc) is 3.19. The smallest absolute Gasteiger partial charge is 0.283 e. The van der Waals surface area contributed by atoms with Gasteiger partial charge in [0.1, 0.15) is 36.4 Å². The molecule has 0 bridgehead atoms. The van der Waals surface area contributed by atoms with Crippen LogP contribution in [0.15, 0.2) is 30.3 Å². The Bertz CT molecular complexity index is 1290. The third-order valence-corrected chi connectivity index (χ3v) is 7.47. The standard InChI is InChI=1S/C27H29F6N3O2/c1-15-6-20-19-7-17(29)2-3-23(19)34-25(20)26(36(15)13-27(32,33)14-37)24-21(30)8-18(9-22(24)31)38-5-4-35-11-16(10-28)12-35/h2-3,7-9,15-16,26,34,37H,4-6,10-14H2,1H3/t15-,26-/m1/s1. The van der Waals surface area contributed by atoms with Crippen molar-refractivity contribution in [1.82, 2.24) is 14.8 Å². The molecule has 1 saturated heterocycles. The molecule has 3 heterocycles. The summed E-state index contributed by atoms with van der Waals surface area (Å²) in [5, 5.41) is 9.73. The van der Waals surface area contributed by atoms with Crippen LogP contribution in [-0.2, 0) is 6.42 Å². The van der Waals surface area contributed by atoms with Crippen molar-refractivity contribution in [3.05, 3.63) is 64.6 Å². The molecule has 2 N–H and O–H groups in total. The summed E-state index contributed by atoms with van der Waals surface area (Å²) in [6, 6.07) is 4.19. The first-order valence-electron chi connectivity index (χ1n) is 12.5. The Balaban J connectivity index is 1.49. The summed E-state index contributed by atoms with van der Waals surface area (Å²) < 4.78 is 92.1. The third-order valence-electron chi connectivity index (χ3n) is 7.47. The predicted molar refractivity (Wildman–Crippen MR) is 130 cm³/mol. The minimum atomic E-state index is -3.52. The fourth-order valence-electron chi connectivity index (χ4n) is 5.56. The number of nitrogens with one attached hydrogen (secondary N) is 1. The van der Waals surface area contributed by atoms with Crippen molar-refractivity contribution in [3.63, 3.8) is 0 Å². The van der Waals surface area contributed by atoms with Crippen molar-refractivity contribution in [2.45, 2.75) is 31.4 Å². The third kappa shape index (κ3) is 5.11. The van der Waals surface area contributed by atoms with Crippen molar-refractivity contribution >= 4 is 10.9 Å². The van der Waals surface area contributed by atoms with Crippen LogP contribution >= 0.6 is 0 Å². The number of fused-ring (bicyclic) bond motifs is 3. The topological polar surface area (TPSA) is 51.7 Å². The Morgan fingerprint density at radius 3 is 2.47 bits per heavy atom. The van der Waals surface area contributed by atoms with E-state index in [4.69, 9.17) is 4.74 Å². The summed E-state index contributed by atoms with van der Waals surface area (Å²) in [6.07, 6.45) is 0.237. The maximum absolute atomic E-state index is 15.6. The summed E-state index contributed by atoms with van der Waals surface area (Å²) >= 11 is 0. The second-order valence-corrected chi connectivity index (χ2v) is 10.3. The molecule has 5 rings (SSSR count). The van der Waals surface area contributed by atoms with Gasteiger partial charge in [-0.3, -0.25) is 14.2 Å². The lowest BCUT2D eigenvalue weighted by molar-refractivity contribution is -0.0869. The zero-order valence-corrected chi connectivity index (χ0v) is 20.8. The van der Waals surface area contributed by atoms with Crippen LogP contribution in [0.4, 0.5) is 26.3 Å². The summed E-state index contributed by atoms with van der Waals surface area (Å²) in [5.74, 6) is -6.01. The van der Waals surface area contributed by atoms with E-state index < -0.39 is 54.2 Å². The Labute approximate surface area is 216 Å². The van der Waals surface area contributed by atoms with Crippen molar-refractivity contribution in [1.29, 1.82) is 0 Å². The van der Waals surface area contributed by atoms with E-state index in [1.54, 1.807) is 6.92 Å². The highest BCUT2D eigenvalue weighted by molar-refractivity contribution is 5.85. The van der Waals surface area contributed by atoms with Crippen LogP contribution in [0.1, 0.15) is 29.8 Å². The molecule has 0 radical (unpaired) electrons. The number of rotatable bonds is 9. The molecular weight excluding hydrogens is 512 g/mol. The average molecular weight is 542 g/mol. The number of nitrogens with zero attached hydrogens (tertiary/aromatic N) is 2. The SMILES string of the molecule is C[C@@H]1Cc2c([nH]c3ccc(F)cc23)[C@@H](c2c(F)cc(OCCN3CC(CF)C3)cc2F)N1CC(F)(F)CO. The largest absolute Gasteiger partial charge is 0.492 e. The highest BCUT2D eigenvalue weighted by Crippen LogP contribution is 2.44. The molecule has 5 nitrogen and oxygen atoms in total. The van der Waals surface area contributed by atoms with Crippen LogP contribution in [0.3, 0.4) is 0 Å². The van der Waals surface area contributed by atoms with Gasteiger partial charge in [-0.05, 0) is 37.1 Å². The molecule has 11 heteroatoms. The molecule has 38 heavy (non-hydrogen) atoms. The van der Waals surface area contributed by atoms with E-state index in [0.29, 0.717) is 41.8 Å². The van der Waals surface area contributed by atoms with Gasteiger partial charge >= 0.3 is 0 Å². The van der Waals surface area contributed by atoms with E-state index in [0.717, 1.165) is 12.1 Å². The maximum atomic E-state index is 15.6. The van der Waals surface area contributed by atoms with Crippen LogP contribution in [-0.4, -0.2) is 77.9 Å². The second kappa shape index (κ2) is 10.4. The molecule has 1 aromatic heterocycles. The Morgan fingerprint density at radius 1 is 1.11 bits per heavy atom. The van der Waals surface area contributed by atoms with Gasteiger partial charge in [0, 0.05) is 65.9 Å². The number of aliphatic hydroxyl groups is 1. The van der Waals surface area contributed by atoms with Gasteiger partial charge in [-0.25, -0.2) is 22.0 Å². The zero-order chi connectivity index (χ0) is 27.2. The minimum absolute atomic E-state index is 0.00855. The number of hydrogen-bond donors (Lipinski definition) is 2. The number of aromatic amines is 1. The number of alkyl halides is 3. The van der Waals surface area contributed by atoms with Crippen molar-refractivity contribution in [2.24, 2.45) is 5.92 Å². The van der Waals surface area contributed by atoms with Gasteiger partial charge in [0.15, 0.2) is 0 Å². The van der Waals surface area contributed by atoms with Crippen molar-refractivity contribution in [2.75, 3.05) is 46.1 Å². The van der Waals surface area contributed by atoms with E-state index in [1.165, 1.54) is 23.1 Å². The van der Waals surface area contributed by atoms with Crippen LogP contribution < -0.4 is 4.74 Å². The van der Waals surface area contributed by atoms with E-state index in [2.05, 4.69) is 4.98 Å². The number of halogens is 6. The second-order valence-electron chi connectivity index (χ2n) is 10.3. The first kappa shape index (κ1) is 26.8. The number of ether oxygens (including phenoxy) is 1. The van der Waals surface area contributed by atoms with E-state index in [-0.39, 0.29) is 31.4 Å². The summed E-state index contributed by atoms with van der Waals surface area (Å²) in [7, 11) is 0. The Morgan fingerprint density at radius 2 is 1.82 bits per heavy atom. The molecule has 1 fully saturated rings. The van der Waals surface area contributed by atoms with Gasteiger partial charge in [-0.1, -0.05) is 0 Å². The molecule has 0 unspecified atom stereocenters. The van der Waals surface area contributed by atoms with Gasteiger partial charge < -0.3 is 14.8 Å². The van der Waals surface area contributed by atoms with E-state index in [9.17, 15) is 22.7 Å². The highest BCUT2D eigenvalue weighted by atomic mass is 19.3. The normalized spacial score (nSPS) is 21.1. The monoisotopic (exact) mass is 541 g/mol. The molecule has 0 aliphatic carbocycles. The molecule has 2 atom stereocenters. The van der Waals surface area contributed by atoms with Crippen molar-refractivity contribution in [3.8, 4) is 5.75 Å². The molecule has 2 aromatic carbocycles. The van der Waals surface area contributed by atoms with Crippen LogP contribution in [0.2, 0.25) is 0 Å². The van der Waals surface area contributed by atoms with Crippen LogP contribution in [0, 0.1) is 23.4 Å². The molecule has 0 spiro atoms. The van der Waals surface area contributed by atoms with Gasteiger partial charge in [0.05, 0.1) is 19.3 Å². The lowest BCUT2D eigenvalue weighted by Crippen LogP contribution is -2.49. The van der Waals surface area contributed by atoms with Gasteiger partial charge in [-0.15, -0.1) is 0 Å². The number of aliphatic hydroxyl groups excluding tert-OH is 1.